The third-order valence-corrected chi connectivity index (χ3v) is 4.71. The van der Waals surface area contributed by atoms with Crippen LogP contribution in [0.2, 0.25) is 0 Å². The smallest absolute Gasteiger partial charge is 0.239 e. The number of hydrazine groups is 1. The molecule has 2 N–H and O–H groups in total. The topological polar surface area (TPSA) is 69.9 Å². The lowest BCUT2D eigenvalue weighted by molar-refractivity contribution is -0.137. The van der Waals surface area contributed by atoms with Crippen molar-refractivity contribution in [1.82, 2.24) is 14.8 Å². The van der Waals surface area contributed by atoms with Crippen molar-refractivity contribution in [1.29, 1.82) is 0 Å². The Morgan fingerprint density at radius 1 is 1.10 bits per heavy atom. The summed E-state index contributed by atoms with van der Waals surface area (Å²) in [5.41, 5.74) is 0. The molecule has 2 fully saturated rings. The summed E-state index contributed by atoms with van der Waals surface area (Å²) >= 11 is 0. The average Bonchev–Trinajstić information content (AvgIpc) is 2.53. The van der Waals surface area contributed by atoms with E-state index in [9.17, 15) is 9.59 Å². The lowest BCUT2D eigenvalue weighted by Gasteiger charge is -2.35. The summed E-state index contributed by atoms with van der Waals surface area (Å²) in [5, 5.41) is 1.41. The van der Waals surface area contributed by atoms with E-state index in [1.54, 1.807) is 6.92 Å². The molecule has 1 aliphatic heterocycles. The van der Waals surface area contributed by atoms with Crippen molar-refractivity contribution in [3.05, 3.63) is 0 Å². The minimum absolute atomic E-state index is 0.108. The van der Waals surface area contributed by atoms with Crippen molar-refractivity contribution in [3.8, 4) is 0 Å². The molecule has 0 aromatic rings. The molecule has 0 radical (unpaired) electrons. The van der Waals surface area contributed by atoms with Gasteiger partial charge >= 0.3 is 0 Å². The Balaban J connectivity index is 1.68. The standard InChI is InChI=1S/C15H28N4O2/c1-13(20)18-10-7-17(8-11-18)9-12-19(16)15(21)14-5-3-2-4-6-14/h14H,2-12,16H2,1H3. The van der Waals surface area contributed by atoms with Crippen LogP contribution in [-0.2, 0) is 9.59 Å². The summed E-state index contributed by atoms with van der Waals surface area (Å²) in [6.07, 6.45) is 5.52. The van der Waals surface area contributed by atoms with Crippen LogP contribution >= 0.6 is 0 Å². The highest BCUT2D eigenvalue weighted by Crippen LogP contribution is 2.24. The Hall–Kier alpha value is -1.14. The van der Waals surface area contributed by atoms with Crippen LogP contribution in [0.3, 0.4) is 0 Å². The molecule has 0 spiro atoms. The zero-order valence-corrected chi connectivity index (χ0v) is 13.1. The minimum Gasteiger partial charge on any atom is -0.340 e. The van der Waals surface area contributed by atoms with E-state index in [4.69, 9.17) is 5.84 Å². The van der Waals surface area contributed by atoms with Crippen LogP contribution in [0.1, 0.15) is 39.0 Å². The van der Waals surface area contributed by atoms with Crippen molar-refractivity contribution < 1.29 is 9.59 Å². The fourth-order valence-corrected chi connectivity index (χ4v) is 3.23. The monoisotopic (exact) mass is 296 g/mol. The van der Waals surface area contributed by atoms with Gasteiger partial charge in [0.05, 0.1) is 0 Å². The molecular weight excluding hydrogens is 268 g/mol. The maximum absolute atomic E-state index is 12.2. The molecule has 6 nitrogen and oxygen atoms in total. The number of carbonyl (C=O) groups is 2. The van der Waals surface area contributed by atoms with Crippen LogP contribution in [-0.4, -0.2) is 65.9 Å². The van der Waals surface area contributed by atoms with Gasteiger partial charge in [-0.05, 0) is 12.8 Å². The number of hydrogen-bond donors (Lipinski definition) is 1. The molecule has 6 heteroatoms. The van der Waals surface area contributed by atoms with Crippen LogP contribution in [0.4, 0.5) is 0 Å². The van der Waals surface area contributed by atoms with Crippen LogP contribution in [0, 0.1) is 5.92 Å². The second kappa shape index (κ2) is 7.75. The van der Waals surface area contributed by atoms with Crippen LogP contribution in [0.25, 0.3) is 0 Å². The predicted octanol–water partition coefficient (Wildman–Crippen LogP) is 0.433. The SMILES string of the molecule is CC(=O)N1CCN(CCN(N)C(=O)C2CCCCC2)CC1. The Kier molecular flexibility index (Phi) is 5.99. The van der Waals surface area contributed by atoms with Gasteiger partial charge in [0.15, 0.2) is 0 Å². The summed E-state index contributed by atoms with van der Waals surface area (Å²) in [7, 11) is 0. The molecule has 0 bridgehead atoms. The number of amides is 2. The Morgan fingerprint density at radius 3 is 2.29 bits per heavy atom. The fourth-order valence-electron chi connectivity index (χ4n) is 3.23. The van der Waals surface area contributed by atoms with Crippen molar-refractivity contribution in [3.63, 3.8) is 0 Å². The van der Waals surface area contributed by atoms with E-state index in [-0.39, 0.29) is 17.7 Å². The van der Waals surface area contributed by atoms with E-state index in [0.29, 0.717) is 6.54 Å². The lowest BCUT2D eigenvalue weighted by Crippen LogP contribution is -2.51. The number of piperazine rings is 1. The zero-order valence-electron chi connectivity index (χ0n) is 13.1. The highest BCUT2D eigenvalue weighted by atomic mass is 16.2. The Labute approximate surface area is 127 Å². The molecule has 1 heterocycles. The van der Waals surface area contributed by atoms with Gasteiger partial charge in [0.25, 0.3) is 0 Å². The quantitative estimate of drug-likeness (QED) is 0.464. The van der Waals surface area contributed by atoms with E-state index < -0.39 is 0 Å². The largest absolute Gasteiger partial charge is 0.340 e. The molecule has 1 saturated carbocycles. The summed E-state index contributed by atoms with van der Waals surface area (Å²) < 4.78 is 0. The van der Waals surface area contributed by atoms with Gasteiger partial charge in [-0.2, -0.15) is 0 Å². The van der Waals surface area contributed by atoms with Gasteiger partial charge in [-0.1, -0.05) is 19.3 Å². The molecule has 0 unspecified atom stereocenters. The van der Waals surface area contributed by atoms with Crippen molar-refractivity contribution in [2.45, 2.75) is 39.0 Å². The van der Waals surface area contributed by atoms with Crippen LogP contribution < -0.4 is 5.84 Å². The number of nitrogens with two attached hydrogens (primary N) is 1. The Morgan fingerprint density at radius 2 is 1.71 bits per heavy atom. The molecule has 21 heavy (non-hydrogen) atoms. The summed E-state index contributed by atoms with van der Waals surface area (Å²) in [4.78, 5) is 27.6. The van der Waals surface area contributed by atoms with Crippen LogP contribution in [0.5, 0.6) is 0 Å². The van der Waals surface area contributed by atoms with E-state index >= 15 is 0 Å². The third-order valence-electron chi connectivity index (χ3n) is 4.71. The number of hydrogen-bond acceptors (Lipinski definition) is 4. The maximum atomic E-state index is 12.2. The molecular formula is C15H28N4O2. The molecule has 0 aromatic carbocycles. The van der Waals surface area contributed by atoms with Gasteiger partial charge in [0.1, 0.15) is 0 Å². The predicted molar refractivity (Wildman–Crippen MR) is 81.2 cm³/mol. The molecule has 1 aliphatic carbocycles. The second-order valence-corrected chi connectivity index (χ2v) is 6.21. The first-order valence-corrected chi connectivity index (χ1v) is 8.12. The highest BCUT2D eigenvalue weighted by molar-refractivity contribution is 5.78. The minimum atomic E-state index is 0.108. The lowest BCUT2D eigenvalue weighted by atomic mass is 9.88. The highest BCUT2D eigenvalue weighted by Gasteiger charge is 2.25. The van der Waals surface area contributed by atoms with Gasteiger partial charge in [-0.15, -0.1) is 0 Å². The average molecular weight is 296 g/mol. The number of rotatable bonds is 4. The van der Waals surface area contributed by atoms with Crippen molar-refractivity contribution >= 4 is 11.8 Å². The summed E-state index contributed by atoms with van der Waals surface area (Å²) in [6.45, 7) is 6.26. The van der Waals surface area contributed by atoms with Crippen molar-refractivity contribution in [2.24, 2.45) is 11.8 Å². The number of nitrogens with zero attached hydrogens (tertiary/aromatic N) is 3. The fraction of sp³-hybridized carbons (Fsp3) is 0.867. The summed E-state index contributed by atoms with van der Waals surface area (Å²) in [5.74, 6) is 6.32. The molecule has 2 rings (SSSR count). The molecule has 0 atom stereocenters. The normalized spacial score (nSPS) is 21.3. The number of carbonyl (C=O) groups excluding carboxylic acids is 2. The molecule has 0 aromatic heterocycles. The van der Waals surface area contributed by atoms with Crippen LogP contribution in [0.15, 0.2) is 0 Å². The van der Waals surface area contributed by atoms with Gasteiger partial charge in [0, 0.05) is 52.1 Å². The van der Waals surface area contributed by atoms with Gasteiger partial charge in [-0.3, -0.25) is 19.5 Å². The van der Waals surface area contributed by atoms with Gasteiger partial charge < -0.3 is 4.90 Å². The van der Waals surface area contributed by atoms with E-state index in [0.717, 1.165) is 58.4 Å². The third kappa shape index (κ3) is 4.68. The molecule has 2 amide bonds. The maximum Gasteiger partial charge on any atom is 0.239 e. The summed E-state index contributed by atoms with van der Waals surface area (Å²) in [6, 6.07) is 0. The molecule has 2 aliphatic rings. The van der Waals surface area contributed by atoms with Gasteiger partial charge in [0.2, 0.25) is 11.8 Å². The first-order chi connectivity index (χ1) is 10.1. The first kappa shape index (κ1) is 16.2. The zero-order chi connectivity index (χ0) is 15.2. The van der Waals surface area contributed by atoms with E-state index in [1.165, 1.54) is 11.4 Å². The molecule has 1 saturated heterocycles. The Bertz CT molecular complexity index is 361. The van der Waals surface area contributed by atoms with Gasteiger partial charge in [-0.25, -0.2) is 5.84 Å². The van der Waals surface area contributed by atoms with E-state index in [1.807, 2.05) is 4.90 Å². The first-order valence-electron chi connectivity index (χ1n) is 8.12. The molecule has 120 valence electrons. The van der Waals surface area contributed by atoms with Crippen molar-refractivity contribution in [2.75, 3.05) is 39.3 Å². The second-order valence-electron chi connectivity index (χ2n) is 6.21. The van der Waals surface area contributed by atoms with E-state index in [2.05, 4.69) is 4.90 Å².